The van der Waals surface area contributed by atoms with Crippen LogP contribution < -0.4 is 5.56 Å². The first-order chi connectivity index (χ1) is 8.67. The van der Waals surface area contributed by atoms with Gasteiger partial charge in [-0.15, -0.1) is 0 Å². The van der Waals surface area contributed by atoms with Crippen molar-refractivity contribution in [3.63, 3.8) is 0 Å². The van der Waals surface area contributed by atoms with Gasteiger partial charge >= 0.3 is 0 Å². The summed E-state index contributed by atoms with van der Waals surface area (Å²) in [6, 6.07) is 0. The van der Waals surface area contributed by atoms with Gasteiger partial charge in [-0.2, -0.15) is 0 Å². The van der Waals surface area contributed by atoms with Gasteiger partial charge in [0.15, 0.2) is 0 Å². The summed E-state index contributed by atoms with van der Waals surface area (Å²) in [5, 5.41) is 0.970. The van der Waals surface area contributed by atoms with Crippen molar-refractivity contribution in [3.8, 4) is 0 Å². The van der Waals surface area contributed by atoms with E-state index in [-0.39, 0.29) is 11.0 Å². The third-order valence-corrected chi connectivity index (χ3v) is 5.74. The quantitative estimate of drug-likeness (QED) is 0.422. The molecule has 3 nitrogen and oxygen atoms in total. The second-order valence-corrected chi connectivity index (χ2v) is 6.95. The summed E-state index contributed by atoms with van der Waals surface area (Å²) in [6.07, 6.45) is 10.9. The largest absolute Gasteiger partial charge is 0.298 e. The van der Waals surface area contributed by atoms with Crippen LogP contribution in [0.25, 0.3) is 0 Å². The summed E-state index contributed by atoms with van der Waals surface area (Å²) < 4.78 is 2.49. The molecule has 0 aromatic carbocycles. The first-order valence-electron chi connectivity index (χ1n) is 6.43. The molecule has 0 bridgehead atoms. The maximum absolute atomic E-state index is 12.1. The molecule has 1 fully saturated rings. The third kappa shape index (κ3) is 3.35. The van der Waals surface area contributed by atoms with Gasteiger partial charge in [0.25, 0.3) is 5.56 Å². The fourth-order valence-corrected chi connectivity index (χ4v) is 3.92. The van der Waals surface area contributed by atoms with Crippen LogP contribution in [0.4, 0.5) is 0 Å². The summed E-state index contributed by atoms with van der Waals surface area (Å²) in [6.45, 7) is 0.793. The summed E-state index contributed by atoms with van der Waals surface area (Å²) >= 11 is 5.73. The van der Waals surface area contributed by atoms with Crippen molar-refractivity contribution in [2.75, 3.05) is 5.33 Å². The zero-order chi connectivity index (χ0) is 13.0. The van der Waals surface area contributed by atoms with Crippen LogP contribution in [-0.2, 0) is 6.54 Å². The number of nitrogens with zero attached hydrogens (tertiary/aromatic N) is 2. The Balaban J connectivity index is 2.23. The topological polar surface area (TPSA) is 34.9 Å². The van der Waals surface area contributed by atoms with Crippen molar-refractivity contribution < 1.29 is 0 Å². The molecule has 0 unspecified atom stereocenters. The van der Waals surface area contributed by atoms with Crippen molar-refractivity contribution in [3.05, 3.63) is 26.4 Å². The van der Waals surface area contributed by atoms with Crippen LogP contribution in [0.2, 0.25) is 0 Å². The van der Waals surface area contributed by atoms with Crippen LogP contribution in [0.15, 0.2) is 17.3 Å². The molecule has 100 valence electrons. The van der Waals surface area contributed by atoms with E-state index in [0.29, 0.717) is 3.57 Å². The summed E-state index contributed by atoms with van der Waals surface area (Å²) in [7, 11) is 0. The molecule has 0 radical (unpaired) electrons. The molecule has 1 aromatic rings. The molecule has 18 heavy (non-hydrogen) atoms. The van der Waals surface area contributed by atoms with Crippen molar-refractivity contribution in [2.24, 2.45) is 5.41 Å². The number of halogens is 2. The van der Waals surface area contributed by atoms with E-state index in [0.717, 1.165) is 11.9 Å². The van der Waals surface area contributed by atoms with Gasteiger partial charge in [-0.3, -0.25) is 9.36 Å². The normalized spacial score (nSPS) is 19.4. The number of alkyl halides is 1. The fraction of sp³-hybridized carbons (Fsp3) is 0.692. The van der Waals surface area contributed by atoms with Crippen LogP contribution in [0, 0.1) is 8.99 Å². The maximum atomic E-state index is 12.1. The minimum absolute atomic E-state index is 0.0928. The molecule has 2 rings (SSSR count). The highest BCUT2D eigenvalue weighted by Gasteiger charge is 2.30. The first kappa shape index (κ1) is 14.5. The average Bonchev–Trinajstić information content (AvgIpc) is 2.61. The number of hydrogen-bond acceptors (Lipinski definition) is 2. The van der Waals surface area contributed by atoms with Crippen LogP contribution in [0.1, 0.15) is 38.5 Å². The van der Waals surface area contributed by atoms with E-state index < -0.39 is 0 Å². The molecule has 0 N–H and O–H groups in total. The van der Waals surface area contributed by atoms with Crippen LogP contribution >= 0.6 is 38.5 Å². The number of aromatic nitrogens is 2. The summed E-state index contributed by atoms with van der Waals surface area (Å²) in [5.74, 6) is 0. The molecular formula is C13H18BrIN2O. The highest BCUT2D eigenvalue weighted by atomic mass is 127. The van der Waals surface area contributed by atoms with E-state index in [1.807, 2.05) is 0 Å². The van der Waals surface area contributed by atoms with E-state index in [1.54, 1.807) is 17.1 Å². The van der Waals surface area contributed by atoms with E-state index in [9.17, 15) is 4.79 Å². The predicted octanol–water partition coefficient (Wildman–Crippen LogP) is 3.58. The Morgan fingerprint density at radius 3 is 2.61 bits per heavy atom. The highest BCUT2D eigenvalue weighted by Crippen LogP contribution is 2.37. The van der Waals surface area contributed by atoms with Crippen molar-refractivity contribution in [2.45, 2.75) is 45.1 Å². The molecule has 0 spiro atoms. The van der Waals surface area contributed by atoms with Gasteiger partial charge in [0.1, 0.15) is 0 Å². The highest BCUT2D eigenvalue weighted by molar-refractivity contribution is 14.1. The Morgan fingerprint density at radius 2 is 2.00 bits per heavy atom. The van der Waals surface area contributed by atoms with Gasteiger partial charge in [-0.1, -0.05) is 41.6 Å². The number of hydrogen-bond donors (Lipinski definition) is 0. The monoisotopic (exact) mass is 424 g/mol. The molecule has 1 saturated carbocycles. The van der Waals surface area contributed by atoms with Crippen LogP contribution in [-0.4, -0.2) is 14.9 Å². The van der Waals surface area contributed by atoms with Gasteiger partial charge in [0.05, 0.1) is 9.90 Å². The minimum atomic E-state index is 0.0928. The second kappa shape index (κ2) is 6.50. The Bertz CT molecular complexity index is 453. The maximum Gasteiger partial charge on any atom is 0.266 e. The zero-order valence-electron chi connectivity index (χ0n) is 10.4. The lowest BCUT2D eigenvalue weighted by Gasteiger charge is -2.31. The van der Waals surface area contributed by atoms with Gasteiger partial charge in [0, 0.05) is 18.1 Å². The molecule has 1 aromatic heterocycles. The predicted molar refractivity (Wildman–Crippen MR) is 85.1 cm³/mol. The molecule has 1 heterocycles. The van der Waals surface area contributed by atoms with Crippen molar-refractivity contribution >= 4 is 38.5 Å². The molecule has 0 amide bonds. The van der Waals surface area contributed by atoms with E-state index in [1.165, 1.54) is 38.5 Å². The molecule has 0 saturated heterocycles. The Morgan fingerprint density at radius 1 is 1.33 bits per heavy atom. The lowest BCUT2D eigenvalue weighted by Crippen LogP contribution is -2.34. The summed E-state index contributed by atoms with van der Waals surface area (Å²) in [5.41, 5.74) is 0.321. The van der Waals surface area contributed by atoms with Crippen molar-refractivity contribution in [1.29, 1.82) is 0 Å². The lowest BCUT2D eigenvalue weighted by atomic mass is 9.82. The molecule has 5 heteroatoms. The molecule has 1 aliphatic carbocycles. The van der Waals surface area contributed by atoms with E-state index >= 15 is 0 Å². The SMILES string of the molecule is O=c1c(I)cncn1CC1(CBr)CCCCCC1. The minimum Gasteiger partial charge on any atom is -0.298 e. The fourth-order valence-electron chi connectivity index (χ4n) is 2.71. The van der Waals surface area contributed by atoms with Gasteiger partial charge in [-0.25, -0.2) is 4.98 Å². The van der Waals surface area contributed by atoms with Crippen LogP contribution in [0.3, 0.4) is 0 Å². The molecule has 1 aliphatic rings. The van der Waals surface area contributed by atoms with Crippen molar-refractivity contribution in [1.82, 2.24) is 9.55 Å². The standard InChI is InChI=1S/C13H18BrIN2O/c14-8-13(5-3-1-2-4-6-13)9-17-10-16-7-11(15)12(17)18/h7,10H,1-6,8-9H2. The first-order valence-corrected chi connectivity index (χ1v) is 8.63. The molecular weight excluding hydrogens is 407 g/mol. The third-order valence-electron chi connectivity index (χ3n) is 3.81. The number of rotatable bonds is 3. The zero-order valence-corrected chi connectivity index (χ0v) is 14.1. The van der Waals surface area contributed by atoms with Gasteiger partial charge in [0.2, 0.25) is 0 Å². The summed E-state index contributed by atoms with van der Waals surface area (Å²) in [4.78, 5) is 16.2. The molecule has 0 aliphatic heterocycles. The van der Waals surface area contributed by atoms with E-state index in [4.69, 9.17) is 0 Å². The Kier molecular flexibility index (Phi) is 5.24. The smallest absolute Gasteiger partial charge is 0.266 e. The second-order valence-electron chi connectivity index (χ2n) is 5.22. The Labute approximate surface area is 130 Å². The van der Waals surface area contributed by atoms with Crippen LogP contribution in [0.5, 0.6) is 0 Å². The van der Waals surface area contributed by atoms with E-state index in [2.05, 4.69) is 43.5 Å². The average molecular weight is 425 g/mol. The van der Waals surface area contributed by atoms with Gasteiger partial charge < -0.3 is 0 Å². The molecule has 0 atom stereocenters. The van der Waals surface area contributed by atoms with Gasteiger partial charge in [-0.05, 0) is 40.8 Å². The lowest BCUT2D eigenvalue weighted by molar-refractivity contribution is 0.238. The Hall–Kier alpha value is 0.0900.